The lowest BCUT2D eigenvalue weighted by Crippen LogP contribution is -2.04. The molecule has 2 rings (SSSR count). The van der Waals surface area contributed by atoms with Gasteiger partial charge in [-0.2, -0.15) is 0 Å². The van der Waals surface area contributed by atoms with E-state index in [1.54, 1.807) is 12.1 Å². The van der Waals surface area contributed by atoms with Gasteiger partial charge in [0.15, 0.2) is 0 Å². The molecule has 0 atom stereocenters. The highest BCUT2D eigenvalue weighted by atomic mass is 127. The Morgan fingerprint density at radius 2 is 1.39 bits per heavy atom. The van der Waals surface area contributed by atoms with Crippen molar-refractivity contribution in [3.05, 3.63) is 49.6 Å². The lowest BCUT2D eigenvalue weighted by Gasteiger charge is -2.13. The second kappa shape index (κ2) is 5.43. The van der Waals surface area contributed by atoms with E-state index in [-0.39, 0.29) is 4.90 Å². The molecule has 18 heavy (non-hydrogen) atoms. The van der Waals surface area contributed by atoms with Gasteiger partial charge in [0.2, 0.25) is 0 Å². The molecule has 0 unspecified atom stereocenters. The number of halogens is 2. The van der Waals surface area contributed by atoms with Crippen molar-refractivity contribution in [2.24, 2.45) is 0 Å². The third-order valence-electron chi connectivity index (χ3n) is 2.36. The molecule has 0 spiro atoms. The summed E-state index contributed by atoms with van der Waals surface area (Å²) in [6.45, 7) is 0. The Balaban J connectivity index is 2.64. The van der Waals surface area contributed by atoms with E-state index in [0.29, 0.717) is 7.14 Å². The molecule has 0 fully saturated rings. The topological polar surface area (TPSA) is 57.2 Å². The Bertz CT molecular complexity index is 659. The summed E-state index contributed by atoms with van der Waals surface area (Å²) >= 11 is 3.76. The summed E-state index contributed by atoms with van der Waals surface area (Å²) in [5.41, 5.74) is 1.89. The van der Waals surface area contributed by atoms with Gasteiger partial charge in [-0.3, -0.25) is 0 Å². The van der Waals surface area contributed by atoms with Crippen molar-refractivity contribution >= 4 is 55.3 Å². The van der Waals surface area contributed by atoms with Gasteiger partial charge >= 0.3 is 0 Å². The fourth-order valence-electron chi connectivity index (χ4n) is 1.60. The van der Waals surface area contributed by atoms with Crippen molar-refractivity contribution in [2.75, 3.05) is 0 Å². The highest BCUT2D eigenvalue weighted by Crippen LogP contribution is 2.30. The molecule has 0 aliphatic rings. The molecule has 0 aromatic heterocycles. The Morgan fingerprint density at radius 3 is 1.83 bits per heavy atom. The van der Waals surface area contributed by atoms with E-state index in [9.17, 15) is 13.0 Å². The summed E-state index contributed by atoms with van der Waals surface area (Å²) in [5.74, 6) is 0. The van der Waals surface area contributed by atoms with Gasteiger partial charge in [-0.25, -0.2) is 8.42 Å². The average Bonchev–Trinajstić information content (AvgIpc) is 2.27. The van der Waals surface area contributed by atoms with Crippen LogP contribution >= 0.6 is 45.2 Å². The van der Waals surface area contributed by atoms with Gasteiger partial charge in [0.25, 0.3) is 0 Å². The third kappa shape index (κ3) is 3.03. The molecule has 0 radical (unpaired) electrons. The van der Waals surface area contributed by atoms with Gasteiger partial charge in [-0.05, 0) is 68.4 Å². The van der Waals surface area contributed by atoms with E-state index < -0.39 is 10.1 Å². The predicted molar refractivity (Wildman–Crippen MR) is 85.3 cm³/mol. The highest BCUT2D eigenvalue weighted by molar-refractivity contribution is 14.1. The van der Waals surface area contributed by atoms with Crippen LogP contribution in [0.5, 0.6) is 0 Å². The minimum absolute atomic E-state index is 0.136. The molecule has 0 amide bonds. The van der Waals surface area contributed by atoms with Crippen molar-refractivity contribution in [3.63, 3.8) is 0 Å². The molecule has 3 nitrogen and oxygen atoms in total. The van der Waals surface area contributed by atoms with E-state index >= 15 is 0 Å². The van der Waals surface area contributed by atoms with Gasteiger partial charge in [-0.1, -0.05) is 30.3 Å². The quantitative estimate of drug-likeness (QED) is 0.484. The van der Waals surface area contributed by atoms with Gasteiger partial charge in [0, 0.05) is 7.14 Å². The van der Waals surface area contributed by atoms with E-state index in [1.165, 1.54) is 0 Å². The monoisotopic (exact) mass is 485 g/mol. The first kappa shape index (κ1) is 14.2. The van der Waals surface area contributed by atoms with Gasteiger partial charge in [0.05, 0.1) is 4.90 Å². The fraction of sp³-hybridized carbons (Fsp3) is 0. The fourth-order valence-corrected chi connectivity index (χ4v) is 5.58. The molecule has 94 valence electrons. The molecular formula is C12H7I2O3S-. The van der Waals surface area contributed by atoms with Crippen LogP contribution in [-0.2, 0) is 10.1 Å². The van der Waals surface area contributed by atoms with Crippen molar-refractivity contribution in [3.8, 4) is 11.1 Å². The summed E-state index contributed by atoms with van der Waals surface area (Å²) in [4.78, 5) is -0.136. The smallest absolute Gasteiger partial charge is 0.126 e. The first-order valence-corrected chi connectivity index (χ1v) is 8.46. The van der Waals surface area contributed by atoms with Crippen LogP contribution in [0.4, 0.5) is 0 Å². The second-order valence-corrected chi connectivity index (χ2v) is 7.23. The summed E-state index contributed by atoms with van der Waals surface area (Å²) in [6, 6.07) is 13.0. The molecule has 0 aliphatic heterocycles. The molecule has 0 aliphatic carbocycles. The minimum Gasteiger partial charge on any atom is -0.744 e. The van der Waals surface area contributed by atoms with Crippen LogP contribution in [0.2, 0.25) is 0 Å². The number of hydrogen-bond acceptors (Lipinski definition) is 3. The van der Waals surface area contributed by atoms with Crippen molar-refractivity contribution in [1.29, 1.82) is 0 Å². The Morgan fingerprint density at radius 1 is 0.889 bits per heavy atom. The lowest BCUT2D eigenvalue weighted by molar-refractivity contribution is 0.462. The summed E-state index contributed by atoms with van der Waals surface area (Å²) < 4.78 is 34.4. The zero-order valence-corrected chi connectivity index (χ0v) is 14.1. The van der Waals surface area contributed by atoms with Crippen LogP contribution in [0.15, 0.2) is 47.4 Å². The SMILES string of the molecule is O=S(=O)([O-])c1c(I)cc(-c2ccccc2)cc1I. The molecular weight excluding hydrogens is 478 g/mol. The van der Waals surface area contributed by atoms with E-state index in [1.807, 2.05) is 75.5 Å². The van der Waals surface area contributed by atoms with E-state index in [4.69, 9.17) is 0 Å². The zero-order chi connectivity index (χ0) is 13.3. The van der Waals surface area contributed by atoms with E-state index in [2.05, 4.69) is 0 Å². The molecule has 0 saturated heterocycles. The average molecular weight is 485 g/mol. The molecule has 2 aromatic rings. The summed E-state index contributed by atoms with van der Waals surface area (Å²) in [5, 5.41) is 0. The summed E-state index contributed by atoms with van der Waals surface area (Å²) in [6.07, 6.45) is 0. The molecule has 0 heterocycles. The van der Waals surface area contributed by atoms with Crippen molar-refractivity contribution < 1.29 is 13.0 Å². The van der Waals surface area contributed by atoms with Gasteiger partial charge < -0.3 is 4.55 Å². The first-order chi connectivity index (χ1) is 8.39. The van der Waals surface area contributed by atoms with Crippen molar-refractivity contribution in [1.82, 2.24) is 0 Å². The standard InChI is InChI=1S/C12H8I2O3S/c13-10-6-9(8-4-2-1-3-5-8)7-11(14)12(10)18(15,16)17/h1-7H,(H,15,16,17)/p-1. The second-order valence-electron chi connectivity index (χ2n) is 3.59. The molecule has 0 N–H and O–H groups in total. The first-order valence-electron chi connectivity index (χ1n) is 4.90. The van der Waals surface area contributed by atoms with Gasteiger partial charge in [0.1, 0.15) is 10.1 Å². The maximum Gasteiger partial charge on any atom is 0.126 e. The maximum atomic E-state index is 11.2. The third-order valence-corrected chi connectivity index (χ3v) is 5.73. The number of hydrogen-bond donors (Lipinski definition) is 0. The molecule has 2 aromatic carbocycles. The predicted octanol–water partition coefficient (Wildman–Crippen LogP) is 3.47. The Labute approximate surface area is 133 Å². The van der Waals surface area contributed by atoms with Crippen LogP contribution in [0.3, 0.4) is 0 Å². The van der Waals surface area contributed by atoms with Crippen molar-refractivity contribution in [2.45, 2.75) is 4.90 Å². The summed E-state index contributed by atoms with van der Waals surface area (Å²) in [7, 11) is -4.43. The lowest BCUT2D eigenvalue weighted by atomic mass is 10.1. The van der Waals surface area contributed by atoms with Crippen LogP contribution < -0.4 is 0 Å². The molecule has 0 bridgehead atoms. The van der Waals surface area contributed by atoms with E-state index in [0.717, 1.165) is 11.1 Å². The Kier molecular flexibility index (Phi) is 4.29. The minimum atomic E-state index is -4.43. The molecule has 0 saturated carbocycles. The van der Waals surface area contributed by atoms with Crippen LogP contribution in [0, 0.1) is 7.14 Å². The largest absolute Gasteiger partial charge is 0.744 e. The van der Waals surface area contributed by atoms with Crippen LogP contribution in [0.1, 0.15) is 0 Å². The van der Waals surface area contributed by atoms with Crippen LogP contribution in [0.25, 0.3) is 11.1 Å². The zero-order valence-electron chi connectivity index (χ0n) is 8.93. The van der Waals surface area contributed by atoms with Crippen LogP contribution in [-0.4, -0.2) is 13.0 Å². The Hall–Kier alpha value is -0.190. The normalized spacial score (nSPS) is 11.5. The highest BCUT2D eigenvalue weighted by Gasteiger charge is 2.13. The number of rotatable bonds is 2. The maximum absolute atomic E-state index is 11.2. The number of benzene rings is 2. The molecule has 6 heteroatoms. The van der Waals surface area contributed by atoms with Gasteiger partial charge in [-0.15, -0.1) is 0 Å².